The summed E-state index contributed by atoms with van der Waals surface area (Å²) in [5.41, 5.74) is 2.66. The van der Waals surface area contributed by atoms with E-state index in [1.165, 1.54) is 10.5 Å². The number of amides is 1. The van der Waals surface area contributed by atoms with Crippen LogP contribution < -0.4 is 4.74 Å². The van der Waals surface area contributed by atoms with Crippen molar-refractivity contribution in [2.75, 3.05) is 6.54 Å². The molecule has 2 aromatic carbocycles. The summed E-state index contributed by atoms with van der Waals surface area (Å²) in [5.74, 6) is -1.20. The zero-order chi connectivity index (χ0) is 29.7. The van der Waals surface area contributed by atoms with Gasteiger partial charge >= 0.3 is 5.97 Å². The smallest absolute Gasteiger partial charge is 0.329 e. The summed E-state index contributed by atoms with van der Waals surface area (Å²) in [6.45, 7) is 4.15. The first-order valence-electron chi connectivity index (χ1n) is 15.2. The van der Waals surface area contributed by atoms with Crippen LogP contribution in [0.1, 0.15) is 80.3 Å². The summed E-state index contributed by atoms with van der Waals surface area (Å²) in [5, 5.41) is 0. The molecule has 7 heteroatoms. The lowest BCUT2D eigenvalue weighted by atomic mass is 9.99. The quantitative estimate of drug-likeness (QED) is 0.127. The fraction of sp³-hybridized carbons (Fsp3) is 0.429. The Kier molecular flexibility index (Phi) is 11.7. The van der Waals surface area contributed by atoms with E-state index >= 15 is 0 Å². The lowest BCUT2D eigenvalue weighted by Crippen LogP contribution is -2.51. The van der Waals surface area contributed by atoms with Crippen LogP contribution in [0.15, 0.2) is 79.1 Å². The lowest BCUT2D eigenvalue weighted by molar-refractivity contribution is -0.161. The number of rotatable bonds is 14. The molecule has 222 valence electrons. The van der Waals surface area contributed by atoms with Gasteiger partial charge < -0.3 is 14.4 Å². The van der Waals surface area contributed by atoms with Crippen LogP contribution in [0.5, 0.6) is 5.75 Å². The zero-order valence-electron chi connectivity index (χ0n) is 24.7. The van der Waals surface area contributed by atoms with Crippen molar-refractivity contribution in [2.45, 2.75) is 89.9 Å². The highest BCUT2D eigenvalue weighted by Gasteiger charge is 2.37. The molecular weight excluding hydrogens is 528 g/mol. The third kappa shape index (κ3) is 9.26. The number of carbonyl (C=O) groups excluding carboxylic acids is 3. The van der Waals surface area contributed by atoms with Crippen LogP contribution in [0, 0.1) is 0 Å². The second-order valence-corrected chi connectivity index (χ2v) is 11.2. The molecule has 2 atom stereocenters. The second kappa shape index (κ2) is 15.9. The Morgan fingerprint density at radius 2 is 1.64 bits per heavy atom. The fourth-order valence-corrected chi connectivity index (χ4v) is 5.42. The van der Waals surface area contributed by atoms with Gasteiger partial charge in [0.2, 0.25) is 0 Å². The molecule has 1 aliphatic heterocycles. The van der Waals surface area contributed by atoms with Crippen molar-refractivity contribution in [3.8, 4) is 5.75 Å². The van der Waals surface area contributed by atoms with Crippen LogP contribution in [-0.4, -0.2) is 52.3 Å². The van der Waals surface area contributed by atoms with Gasteiger partial charge in [0.1, 0.15) is 17.9 Å². The molecule has 3 aromatic rings. The molecule has 1 aromatic heterocycles. The van der Waals surface area contributed by atoms with Gasteiger partial charge in [-0.05, 0) is 101 Å². The number of likely N-dealkylation sites (tertiary alicyclic amines) is 1. The number of benzene rings is 2. The molecule has 0 bridgehead atoms. The van der Waals surface area contributed by atoms with E-state index in [-0.39, 0.29) is 17.8 Å². The Labute approximate surface area is 249 Å². The first kappa shape index (κ1) is 30.9. The van der Waals surface area contributed by atoms with Crippen molar-refractivity contribution in [1.29, 1.82) is 0 Å². The number of nitrogens with zero attached hydrogens (tertiary/aromatic N) is 2. The molecule has 0 spiro atoms. The van der Waals surface area contributed by atoms with Crippen molar-refractivity contribution >= 4 is 17.7 Å². The molecule has 0 saturated carbocycles. The van der Waals surface area contributed by atoms with E-state index in [0.717, 1.165) is 56.9 Å². The van der Waals surface area contributed by atoms with Gasteiger partial charge in [-0.25, -0.2) is 4.79 Å². The van der Waals surface area contributed by atoms with E-state index in [2.05, 4.69) is 23.2 Å². The van der Waals surface area contributed by atoms with Gasteiger partial charge in [0, 0.05) is 24.5 Å². The highest BCUT2D eigenvalue weighted by Crippen LogP contribution is 2.24. The van der Waals surface area contributed by atoms with Gasteiger partial charge in [-0.1, -0.05) is 48.5 Å². The van der Waals surface area contributed by atoms with Gasteiger partial charge in [-0.15, -0.1) is 0 Å². The van der Waals surface area contributed by atoms with Gasteiger partial charge in [0.05, 0.1) is 6.10 Å². The molecule has 1 amide bonds. The van der Waals surface area contributed by atoms with E-state index in [1.807, 2.05) is 44.3 Å². The first-order chi connectivity index (χ1) is 20.4. The number of aryl methyl sites for hydroxylation is 2. The van der Waals surface area contributed by atoms with Crippen molar-refractivity contribution < 1.29 is 23.9 Å². The Hall–Kier alpha value is -4.00. The number of carbonyl (C=O) groups is 3. The van der Waals surface area contributed by atoms with Gasteiger partial charge in [0.15, 0.2) is 0 Å². The van der Waals surface area contributed by atoms with Gasteiger partial charge in [0.25, 0.3) is 11.7 Å². The molecule has 42 heavy (non-hydrogen) atoms. The minimum Gasteiger partial charge on any atom is -0.491 e. The van der Waals surface area contributed by atoms with Crippen LogP contribution in [0.25, 0.3) is 0 Å². The minimum absolute atomic E-state index is 0.0581. The lowest BCUT2D eigenvalue weighted by Gasteiger charge is -2.34. The van der Waals surface area contributed by atoms with Crippen LogP contribution in [-0.2, 0) is 27.2 Å². The Balaban J connectivity index is 1.41. The summed E-state index contributed by atoms with van der Waals surface area (Å²) in [7, 11) is 0. The number of ketones is 1. The SMILES string of the molecule is CC(C)Oc1cccc(C(=O)C(=O)N2CCCCC2C(=O)OC(CCCc2ccccc2)CCCc2cccnc2)c1. The zero-order valence-corrected chi connectivity index (χ0v) is 24.7. The Morgan fingerprint density at radius 3 is 2.36 bits per heavy atom. The minimum atomic E-state index is -0.764. The van der Waals surface area contributed by atoms with E-state index in [0.29, 0.717) is 18.7 Å². The van der Waals surface area contributed by atoms with Crippen molar-refractivity contribution in [1.82, 2.24) is 9.88 Å². The number of hydrogen-bond donors (Lipinski definition) is 0. The third-order valence-electron chi connectivity index (χ3n) is 7.53. The van der Waals surface area contributed by atoms with E-state index < -0.39 is 23.7 Å². The largest absolute Gasteiger partial charge is 0.491 e. The topological polar surface area (TPSA) is 85.8 Å². The number of esters is 1. The number of ether oxygens (including phenoxy) is 2. The Morgan fingerprint density at radius 1 is 0.905 bits per heavy atom. The number of hydrogen-bond acceptors (Lipinski definition) is 6. The molecule has 1 saturated heterocycles. The van der Waals surface area contributed by atoms with Crippen molar-refractivity contribution in [3.05, 3.63) is 95.8 Å². The summed E-state index contributed by atoms with van der Waals surface area (Å²) in [6.07, 6.45) is 10.3. The number of pyridine rings is 1. The predicted octanol–water partition coefficient (Wildman–Crippen LogP) is 6.39. The van der Waals surface area contributed by atoms with Crippen LogP contribution in [0.4, 0.5) is 0 Å². The molecule has 0 N–H and O–H groups in total. The molecular formula is C35H42N2O5. The monoisotopic (exact) mass is 570 g/mol. The molecule has 2 heterocycles. The standard InChI is InChI=1S/C35H42N2O5/c1-26(2)41-31-20-10-17-29(24-31)33(38)34(39)37-23-7-6-21-32(37)35(40)42-30(18-8-14-27-12-4-3-5-13-27)19-9-15-28-16-11-22-36-25-28/h3-5,10-13,16-17,20,22,24-26,30,32H,6-9,14-15,18-19,21,23H2,1-2H3. The maximum absolute atomic E-state index is 13.6. The average molecular weight is 571 g/mol. The van der Waals surface area contributed by atoms with E-state index in [1.54, 1.807) is 30.5 Å². The van der Waals surface area contributed by atoms with Crippen molar-refractivity contribution in [3.63, 3.8) is 0 Å². The highest BCUT2D eigenvalue weighted by atomic mass is 16.5. The fourth-order valence-electron chi connectivity index (χ4n) is 5.42. The third-order valence-corrected chi connectivity index (χ3v) is 7.53. The Bertz CT molecular complexity index is 1250. The molecule has 4 rings (SSSR count). The summed E-state index contributed by atoms with van der Waals surface area (Å²) in [4.78, 5) is 45.8. The van der Waals surface area contributed by atoms with E-state index in [4.69, 9.17) is 9.47 Å². The first-order valence-corrected chi connectivity index (χ1v) is 15.2. The molecule has 1 fully saturated rings. The molecule has 0 aliphatic carbocycles. The van der Waals surface area contributed by atoms with Gasteiger partial charge in [-0.2, -0.15) is 0 Å². The van der Waals surface area contributed by atoms with Crippen LogP contribution in [0.2, 0.25) is 0 Å². The normalized spacial score (nSPS) is 15.7. The number of piperidine rings is 1. The molecule has 7 nitrogen and oxygen atoms in total. The summed E-state index contributed by atoms with van der Waals surface area (Å²) in [6, 6.07) is 20.2. The van der Waals surface area contributed by atoms with Gasteiger partial charge in [-0.3, -0.25) is 14.6 Å². The summed E-state index contributed by atoms with van der Waals surface area (Å²) >= 11 is 0. The number of Topliss-reactive ketones (excluding diaryl/α,β-unsaturated/α-hetero) is 1. The predicted molar refractivity (Wildman–Crippen MR) is 162 cm³/mol. The van der Waals surface area contributed by atoms with Crippen molar-refractivity contribution in [2.24, 2.45) is 0 Å². The van der Waals surface area contributed by atoms with Crippen LogP contribution >= 0.6 is 0 Å². The molecule has 2 unspecified atom stereocenters. The average Bonchev–Trinajstić information content (AvgIpc) is 3.01. The maximum Gasteiger partial charge on any atom is 0.329 e. The van der Waals surface area contributed by atoms with Crippen LogP contribution in [0.3, 0.4) is 0 Å². The van der Waals surface area contributed by atoms with E-state index in [9.17, 15) is 14.4 Å². The molecule has 1 aliphatic rings. The second-order valence-electron chi connectivity index (χ2n) is 11.2. The molecule has 0 radical (unpaired) electrons. The maximum atomic E-state index is 13.6. The highest BCUT2D eigenvalue weighted by molar-refractivity contribution is 6.43. The number of aromatic nitrogens is 1. The summed E-state index contributed by atoms with van der Waals surface area (Å²) < 4.78 is 11.8.